The number of rotatable bonds is 9. The second-order valence-corrected chi connectivity index (χ2v) is 5.05. The first-order valence-electron chi connectivity index (χ1n) is 5.66. The fourth-order valence-electron chi connectivity index (χ4n) is 1.60. The van der Waals surface area contributed by atoms with Crippen LogP contribution in [0, 0.1) is 5.92 Å². The van der Waals surface area contributed by atoms with E-state index in [0.29, 0.717) is 0 Å². The summed E-state index contributed by atoms with van der Waals surface area (Å²) >= 11 is 0. The van der Waals surface area contributed by atoms with Crippen LogP contribution >= 0.6 is 7.82 Å². The summed E-state index contributed by atoms with van der Waals surface area (Å²) in [4.78, 5) is 20.6. The molecule has 0 aromatic heterocycles. The third-order valence-electron chi connectivity index (χ3n) is 2.38. The maximum Gasteiger partial charge on any atom is 2.00 e. The number of phosphoric acid groups is 1. The van der Waals surface area contributed by atoms with Crippen LogP contribution in [0.15, 0.2) is 0 Å². The van der Waals surface area contributed by atoms with Crippen molar-refractivity contribution in [3.63, 3.8) is 0 Å². The average molecular weight is 261 g/mol. The minimum atomic E-state index is -4.78. The summed E-state index contributed by atoms with van der Waals surface area (Å²) in [6.45, 7) is 4.22. The van der Waals surface area contributed by atoms with Gasteiger partial charge in [0.15, 0.2) is 0 Å². The number of hydrogen-bond donors (Lipinski definition) is 0. The molecule has 0 aliphatic carbocycles. The molecule has 16 heavy (non-hydrogen) atoms. The second kappa shape index (κ2) is 11.0. The van der Waals surface area contributed by atoms with E-state index in [9.17, 15) is 14.4 Å². The zero-order chi connectivity index (χ0) is 11.7. The fraction of sp³-hybridized carbons (Fsp3) is 1.00. The molecule has 0 fully saturated rings. The molecule has 0 heterocycles. The van der Waals surface area contributed by atoms with E-state index in [2.05, 4.69) is 11.4 Å². The Labute approximate surface area is 115 Å². The summed E-state index contributed by atoms with van der Waals surface area (Å²) in [5.41, 5.74) is 0. The molecule has 0 N–H and O–H groups in total. The predicted molar refractivity (Wildman–Crippen MR) is 61.9 cm³/mol. The standard InChI is InChI=1S/C10H23O4P.Mg/c1-3-5-6-8-10(7-4-2)9-14-15(11,12)13;/h10H,3-9H2,1-2H3,(H2,11,12,13);/q;+2/p-2. The maximum absolute atomic E-state index is 10.3. The van der Waals surface area contributed by atoms with Gasteiger partial charge in [0.05, 0.1) is 14.4 Å². The van der Waals surface area contributed by atoms with Crippen LogP contribution in [0.25, 0.3) is 0 Å². The number of hydrogen-bond acceptors (Lipinski definition) is 4. The first-order valence-corrected chi connectivity index (χ1v) is 7.12. The van der Waals surface area contributed by atoms with Gasteiger partial charge < -0.3 is 18.9 Å². The van der Waals surface area contributed by atoms with Gasteiger partial charge in [0.1, 0.15) is 0 Å². The zero-order valence-corrected chi connectivity index (χ0v) is 12.6. The van der Waals surface area contributed by atoms with E-state index in [1.54, 1.807) is 0 Å². The zero-order valence-electron chi connectivity index (χ0n) is 10.3. The van der Waals surface area contributed by atoms with E-state index in [0.717, 1.165) is 38.5 Å². The molecule has 1 unspecified atom stereocenters. The van der Waals surface area contributed by atoms with Crippen LogP contribution in [0.5, 0.6) is 0 Å². The van der Waals surface area contributed by atoms with Gasteiger partial charge in [-0.2, -0.15) is 0 Å². The van der Waals surface area contributed by atoms with Gasteiger partial charge >= 0.3 is 23.1 Å². The molecule has 92 valence electrons. The molecular formula is C10H21MgO4P. The van der Waals surface area contributed by atoms with Gasteiger partial charge in [-0.1, -0.05) is 39.5 Å². The Morgan fingerprint density at radius 2 is 1.75 bits per heavy atom. The van der Waals surface area contributed by atoms with Gasteiger partial charge in [0, 0.05) is 0 Å². The van der Waals surface area contributed by atoms with Crippen molar-refractivity contribution in [2.75, 3.05) is 6.61 Å². The third kappa shape index (κ3) is 12.9. The Kier molecular flexibility index (Phi) is 13.2. The van der Waals surface area contributed by atoms with Crippen molar-refractivity contribution in [3.05, 3.63) is 0 Å². The molecule has 1 atom stereocenters. The summed E-state index contributed by atoms with van der Waals surface area (Å²) in [7, 11) is -4.78. The summed E-state index contributed by atoms with van der Waals surface area (Å²) in [6.07, 6.45) is 6.22. The van der Waals surface area contributed by atoms with E-state index in [1.165, 1.54) is 0 Å². The van der Waals surface area contributed by atoms with Crippen molar-refractivity contribution in [2.45, 2.75) is 52.4 Å². The Hall–Kier alpha value is 0.876. The molecule has 4 nitrogen and oxygen atoms in total. The van der Waals surface area contributed by atoms with Crippen molar-refractivity contribution in [1.29, 1.82) is 0 Å². The smallest absolute Gasteiger partial charge is 0.790 e. The van der Waals surface area contributed by atoms with Crippen LogP contribution in [0.3, 0.4) is 0 Å². The van der Waals surface area contributed by atoms with Crippen LogP contribution in [0.4, 0.5) is 0 Å². The summed E-state index contributed by atoms with van der Waals surface area (Å²) in [5.74, 6) is 0.206. The van der Waals surface area contributed by atoms with E-state index in [4.69, 9.17) is 0 Å². The van der Waals surface area contributed by atoms with E-state index in [-0.39, 0.29) is 35.6 Å². The van der Waals surface area contributed by atoms with Crippen LogP contribution in [0.2, 0.25) is 0 Å². The van der Waals surface area contributed by atoms with Crippen molar-refractivity contribution in [2.24, 2.45) is 5.92 Å². The largest absolute Gasteiger partial charge is 2.00 e. The SMILES string of the molecule is CCCCCC(CCC)COP(=O)([O-])[O-].[Mg+2]. The Morgan fingerprint density at radius 1 is 1.12 bits per heavy atom. The second-order valence-electron chi connectivity index (χ2n) is 3.89. The van der Waals surface area contributed by atoms with Crippen LogP contribution in [0.1, 0.15) is 52.4 Å². The molecule has 0 bridgehead atoms. The third-order valence-corrected chi connectivity index (χ3v) is 2.85. The first-order chi connectivity index (χ1) is 6.99. The fourth-order valence-corrected chi connectivity index (χ4v) is 1.99. The van der Waals surface area contributed by atoms with Crippen molar-refractivity contribution in [1.82, 2.24) is 0 Å². The minimum absolute atomic E-state index is 0. The molecule has 0 amide bonds. The molecule has 0 saturated heterocycles. The Bertz CT molecular complexity index is 195. The molecule has 0 aromatic carbocycles. The molecule has 0 rings (SSSR count). The number of unbranched alkanes of at least 4 members (excludes halogenated alkanes) is 2. The Balaban J connectivity index is 0. The first kappa shape index (κ1) is 19.2. The van der Waals surface area contributed by atoms with Gasteiger partial charge in [-0.25, -0.2) is 0 Å². The predicted octanol–water partition coefficient (Wildman–Crippen LogP) is 1.45. The van der Waals surface area contributed by atoms with E-state index < -0.39 is 7.82 Å². The Morgan fingerprint density at radius 3 is 2.19 bits per heavy atom. The summed E-state index contributed by atoms with van der Waals surface area (Å²) in [5, 5.41) is 0. The topological polar surface area (TPSA) is 72.4 Å². The van der Waals surface area contributed by atoms with Gasteiger partial charge in [0.2, 0.25) is 0 Å². The van der Waals surface area contributed by atoms with Gasteiger partial charge in [-0.05, 0) is 18.8 Å². The maximum atomic E-state index is 10.3. The average Bonchev–Trinajstić information content (AvgIpc) is 2.13. The molecule has 0 aliphatic heterocycles. The number of phosphoric ester groups is 1. The van der Waals surface area contributed by atoms with Gasteiger partial charge in [0.25, 0.3) is 0 Å². The molecule has 0 saturated carbocycles. The summed E-state index contributed by atoms with van der Waals surface area (Å²) in [6, 6.07) is 0. The molecular weight excluding hydrogens is 239 g/mol. The molecule has 6 heteroatoms. The quantitative estimate of drug-likeness (QED) is 0.357. The van der Waals surface area contributed by atoms with E-state index in [1.807, 2.05) is 6.92 Å². The van der Waals surface area contributed by atoms with E-state index >= 15 is 0 Å². The molecule has 0 aliphatic rings. The van der Waals surface area contributed by atoms with Crippen molar-refractivity contribution < 1.29 is 18.9 Å². The van der Waals surface area contributed by atoms with Crippen LogP contribution in [-0.4, -0.2) is 29.7 Å². The monoisotopic (exact) mass is 260 g/mol. The molecule has 0 radical (unpaired) electrons. The molecule has 0 aromatic rings. The van der Waals surface area contributed by atoms with Crippen molar-refractivity contribution >= 4 is 30.9 Å². The normalized spacial score (nSPS) is 13.2. The van der Waals surface area contributed by atoms with Gasteiger partial charge in [-0.3, -0.25) is 0 Å². The summed E-state index contributed by atoms with van der Waals surface area (Å²) < 4.78 is 14.6. The minimum Gasteiger partial charge on any atom is -0.790 e. The van der Waals surface area contributed by atoms with Crippen molar-refractivity contribution in [3.8, 4) is 0 Å². The van der Waals surface area contributed by atoms with Crippen LogP contribution < -0.4 is 9.79 Å². The van der Waals surface area contributed by atoms with Crippen LogP contribution in [-0.2, 0) is 9.09 Å². The van der Waals surface area contributed by atoms with Gasteiger partial charge in [-0.15, -0.1) is 0 Å². The molecule has 0 spiro atoms.